The maximum Gasteiger partial charge on any atom is 0.188 e. The van der Waals surface area contributed by atoms with Gasteiger partial charge in [-0.15, -0.1) is 0 Å². The Hall–Kier alpha value is -3.02. The van der Waals surface area contributed by atoms with Crippen LogP contribution in [0.4, 0.5) is 0 Å². The average Bonchev–Trinajstić information content (AvgIpc) is 2.82. The molecule has 0 aliphatic rings. The molecule has 0 atom stereocenters. The third kappa shape index (κ3) is 6.48. The third-order valence-corrected chi connectivity index (χ3v) is 4.78. The Bertz CT molecular complexity index is 920. The highest BCUT2D eigenvalue weighted by molar-refractivity contribution is 5.76. The highest BCUT2D eigenvalue weighted by Gasteiger charge is 2.10. The van der Waals surface area contributed by atoms with Crippen molar-refractivity contribution in [3.05, 3.63) is 66.7 Å². The summed E-state index contributed by atoms with van der Waals surface area (Å²) in [5.41, 5.74) is 4.32. The first-order chi connectivity index (χ1) is 15.2. The van der Waals surface area contributed by atoms with Crippen molar-refractivity contribution in [3.63, 3.8) is 0 Å². The lowest BCUT2D eigenvalue weighted by atomic mass is 9.99. The summed E-state index contributed by atoms with van der Waals surface area (Å²) in [4.78, 5) is 0. The minimum Gasteiger partial charge on any atom is -0.493 e. The van der Waals surface area contributed by atoms with E-state index in [9.17, 15) is 0 Å². The van der Waals surface area contributed by atoms with Gasteiger partial charge in [0, 0.05) is 19.8 Å². The summed E-state index contributed by atoms with van der Waals surface area (Å²) in [6.07, 6.45) is 2.10. The lowest BCUT2D eigenvalue weighted by molar-refractivity contribution is 0.0510. The topological polar surface area (TPSA) is 46.2 Å². The zero-order valence-electron chi connectivity index (χ0n) is 18.4. The molecule has 0 N–H and O–H groups in total. The molecule has 5 nitrogen and oxygen atoms in total. The van der Waals surface area contributed by atoms with Crippen LogP contribution < -0.4 is 14.2 Å². The Morgan fingerprint density at radius 2 is 1.16 bits per heavy atom. The van der Waals surface area contributed by atoms with E-state index in [1.165, 1.54) is 0 Å². The molecule has 0 aromatic heterocycles. The third-order valence-electron chi connectivity index (χ3n) is 4.78. The summed E-state index contributed by atoms with van der Waals surface area (Å²) in [7, 11) is 3.21. The van der Waals surface area contributed by atoms with Crippen LogP contribution in [0.25, 0.3) is 22.3 Å². The van der Waals surface area contributed by atoms with Crippen molar-refractivity contribution in [2.45, 2.75) is 19.8 Å². The van der Waals surface area contributed by atoms with Crippen molar-refractivity contribution in [1.82, 2.24) is 0 Å². The van der Waals surface area contributed by atoms with Gasteiger partial charge in [0.25, 0.3) is 0 Å². The number of benzene rings is 3. The lowest BCUT2D eigenvalue weighted by Crippen LogP contribution is -2.00. The fraction of sp³-hybridized carbons (Fsp3) is 0.308. The number of ether oxygens (including phenoxy) is 5. The molecule has 3 rings (SSSR count). The van der Waals surface area contributed by atoms with E-state index in [1.54, 1.807) is 14.2 Å². The summed E-state index contributed by atoms with van der Waals surface area (Å²) >= 11 is 0. The van der Waals surface area contributed by atoms with Gasteiger partial charge in [-0.25, -0.2) is 0 Å². The summed E-state index contributed by atoms with van der Waals surface area (Å²) in [5.74, 6) is 2.42. The number of hydrogen-bond acceptors (Lipinski definition) is 5. The van der Waals surface area contributed by atoms with E-state index in [-0.39, 0.29) is 13.6 Å². The van der Waals surface area contributed by atoms with Gasteiger partial charge in [0.15, 0.2) is 13.6 Å². The fourth-order valence-electron chi connectivity index (χ4n) is 3.11. The minimum absolute atomic E-state index is 0.231. The summed E-state index contributed by atoms with van der Waals surface area (Å²) < 4.78 is 27.1. The molecule has 0 unspecified atom stereocenters. The van der Waals surface area contributed by atoms with Gasteiger partial charge < -0.3 is 23.7 Å². The molecule has 0 saturated heterocycles. The number of rotatable bonds is 12. The quantitative estimate of drug-likeness (QED) is 0.258. The molecule has 3 aromatic carbocycles. The van der Waals surface area contributed by atoms with Crippen LogP contribution in [0.1, 0.15) is 19.8 Å². The molecule has 0 aliphatic heterocycles. The maximum atomic E-state index is 6.17. The number of unbranched alkanes of at least 4 members (excludes halogenated alkanes) is 1. The Labute approximate surface area is 184 Å². The van der Waals surface area contributed by atoms with E-state index >= 15 is 0 Å². The van der Waals surface area contributed by atoms with E-state index in [1.807, 2.05) is 48.5 Å². The molecule has 0 fully saturated rings. The van der Waals surface area contributed by atoms with Gasteiger partial charge in [0.05, 0.1) is 6.61 Å². The van der Waals surface area contributed by atoms with Gasteiger partial charge in [-0.2, -0.15) is 0 Å². The highest BCUT2D eigenvalue weighted by atomic mass is 16.7. The number of methoxy groups -OCH3 is 2. The number of hydrogen-bond donors (Lipinski definition) is 0. The second-order valence-corrected chi connectivity index (χ2v) is 7.06. The van der Waals surface area contributed by atoms with E-state index in [0.717, 1.165) is 52.3 Å². The second kappa shape index (κ2) is 12.0. The molecule has 0 amide bonds. The van der Waals surface area contributed by atoms with Gasteiger partial charge >= 0.3 is 0 Å². The van der Waals surface area contributed by atoms with E-state index < -0.39 is 0 Å². The predicted molar refractivity (Wildman–Crippen MR) is 123 cm³/mol. The van der Waals surface area contributed by atoms with Crippen LogP contribution in [0.15, 0.2) is 66.7 Å². The Morgan fingerprint density at radius 3 is 1.71 bits per heavy atom. The molecule has 0 spiro atoms. The maximum absolute atomic E-state index is 6.17. The zero-order valence-corrected chi connectivity index (χ0v) is 18.4. The van der Waals surface area contributed by atoms with Crippen LogP contribution in [0, 0.1) is 0 Å². The van der Waals surface area contributed by atoms with Gasteiger partial charge in [-0.05, 0) is 53.4 Å². The molecular formula is C26H30O5. The SMILES string of the molecule is CCCCOc1cc(-c2ccc(OCOC)cc2)ccc1-c1ccc(OCOC)cc1. The zero-order chi connectivity index (χ0) is 21.9. The van der Waals surface area contributed by atoms with E-state index in [2.05, 4.69) is 25.1 Å². The van der Waals surface area contributed by atoms with Crippen molar-refractivity contribution >= 4 is 0 Å². The van der Waals surface area contributed by atoms with Crippen LogP contribution in [0.3, 0.4) is 0 Å². The van der Waals surface area contributed by atoms with Gasteiger partial charge in [-0.1, -0.05) is 49.7 Å². The van der Waals surface area contributed by atoms with Crippen molar-refractivity contribution < 1.29 is 23.7 Å². The molecule has 0 bridgehead atoms. The first kappa shape index (κ1) is 22.7. The van der Waals surface area contributed by atoms with E-state index in [0.29, 0.717) is 6.61 Å². The largest absolute Gasteiger partial charge is 0.493 e. The molecular weight excluding hydrogens is 392 g/mol. The molecule has 0 saturated carbocycles. The fourth-order valence-corrected chi connectivity index (χ4v) is 3.11. The molecule has 0 heterocycles. The molecule has 0 radical (unpaired) electrons. The summed E-state index contributed by atoms with van der Waals surface area (Å²) in [6, 6.07) is 22.2. The standard InChI is InChI=1S/C26H30O5/c1-4-5-16-29-26-17-22(20-6-11-23(12-7-20)30-18-27-2)10-15-25(26)21-8-13-24(14-9-21)31-19-28-3/h6-15,17H,4-5,16,18-19H2,1-3H3. The smallest absolute Gasteiger partial charge is 0.188 e. The van der Waals surface area contributed by atoms with Gasteiger partial charge in [-0.3, -0.25) is 0 Å². The van der Waals surface area contributed by atoms with Gasteiger partial charge in [0.1, 0.15) is 17.2 Å². The normalized spacial score (nSPS) is 10.7. The summed E-state index contributed by atoms with van der Waals surface area (Å²) in [5, 5.41) is 0. The minimum atomic E-state index is 0.231. The van der Waals surface area contributed by atoms with Crippen LogP contribution >= 0.6 is 0 Å². The van der Waals surface area contributed by atoms with E-state index in [4.69, 9.17) is 23.7 Å². The lowest BCUT2D eigenvalue weighted by Gasteiger charge is -2.15. The Kier molecular flexibility index (Phi) is 8.76. The molecule has 5 heteroatoms. The monoisotopic (exact) mass is 422 g/mol. The second-order valence-electron chi connectivity index (χ2n) is 7.06. The first-order valence-electron chi connectivity index (χ1n) is 10.5. The summed E-state index contributed by atoms with van der Waals surface area (Å²) in [6.45, 7) is 3.31. The molecule has 0 aliphatic carbocycles. The van der Waals surface area contributed by atoms with Crippen molar-refractivity contribution in [3.8, 4) is 39.5 Å². The first-order valence-corrected chi connectivity index (χ1v) is 10.5. The van der Waals surface area contributed by atoms with Crippen LogP contribution in [0.2, 0.25) is 0 Å². The van der Waals surface area contributed by atoms with Crippen molar-refractivity contribution in [2.75, 3.05) is 34.4 Å². The molecule has 31 heavy (non-hydrogen) atoms. The van der Waals surface area contributed by atoms with Crippen molar-refractivity contribution in [1.29, 1.82) is 0 Å². The van der Waals surface area contributed by atoms with Crippen molar-refractivity contribution in [2.24, 2.45) is 0 Å². The Morgan fingerprint density at radius 1 is 0.613 bits per heavy atom. The molecule has 3 aromatic rings. The predicted octanol–water partition coefficient (Wildman–Crippen LogP) is 6.16. The van der Waals surface area contributed by atoms with Crippen LogP contribution in [-0.4, -0.2) is 34.4 Å². The van der Waals surface area contributed by atoms with Gasteiger partial charge in [0.2, 0.25) is 0 Å². The highest BCUT2D eigenvalue weighted by Crippen LogP contribution is 2.35. The van der Waals surface area contributed by atoms with Crippen LogP contribution in [0.5, 0.6) is 17.2 Å². The molecule has 164 valence electrons. The Balaban J connectivity index is 1.86. The average molecular weight is 423 g/mol. The van der Waals surface area contributed by atoms with Crippen LogP contribution in [-0.2, 0) is 9.47 Å².